The van der Waals surface area contributed by atoms with E-state index >= 15 is 0 Å². The summed E-state index contributed by atoms with van der Waals surface area (Å²) < 4.78 is 0. The average Bonchev–Trinajstić information content (AvgIpc) is 3.02. The third kappa shape index (κ3) is 6.29. The maximum absolute atomic E-state index is 12.1. The van der Waals surface area contributed by atoms with Gasteiger partial charge < -0.3 is 20.7 Å². The Morgan fingerprint density at radius 1 is 1.00 bits per heavy atom. The molecule has 0 unspecified atom stereocenters. The smallest absolute Gasteiger partial charge is 0.303 e. The Balaban J connectivity index is 1.61. The van der Waals surface area contributed by atoms with Crippen LogP contribution in [0.2, 0.25) is 0 Å². The molecule has 134 valence electrons. The molecule has 7 nitrogen and oxygen atoms in total. The van der Waals surface area contributed by atoms with E-state index in [-0.39, 0.29) is 24.8 Å². The monoisotopic (exact) mass is 345 g/mol. The van der Waals surface area contributed by atoms with Crippen molar-refractivity contribution >= 4 is 28.7 Å². The zero-order valence-electron chi connectivity index (χ0n) is 14.0. The van der Waals surface area contributed by atoms with Gasteiger partial charge in [0.25, 0.3) is 5.91 Å². The lowest BCUT2D eigenvalue weighted by atomic mass is 10.1. The number of fused-ring (bicyclic) bond motifs is 1. The summed E-state index contributed by atoms with van der Waals surface area (Å²) in [5.41, 5.74) is 1.30. The van der Waals surface area contributed by atoms with Crippen molar-refractivity contribution in [3.05, 3.63) is 36.0 Å². The van der Waals surface area contributed by atoms with E-state index in [4.69, 9.17) is 5.11 Å². The van der Waals surface area contributed by atoms with E-state index in [1.54, 1.807) is 6.07 Å². The van der Waals surface area contributed by atoms with E-state index in [9.17, 15) is 14.4 Å². The molecule has 0 fully saturated rings. The molecule has 2 amide bonds. The highest BCUT2D eigenvalue weighted by Gasteiger charge is 2.10. The van der Waals surface area contributed by atoms with Crippen LogP contribution < -0.4 is 10.6 Å². The molecule has 4 N–H and O–H groups in total. The molecule has 0 spiro atoms. The van der Waals surface area contributed by atoms with E-state index in [0.29, 0.717) is 18.7 Å². The molecule has 2 aromatic rings. The Kier molecular flexibility index (Phi) is 7.00. The number of carboxylic acids is 1. The van der Waals surface area contributed by atoms with Gasteiger partial charge in [0, 0.05) is 23.9 Å². The van der Waals surface area contributed by atoms with Crippen LogP contribution in [0.4, 0.5) is 0 Å². The van der Waals surface area contributed by atoms with Crippen molar-refractivity contribution in [3.8, 4) is 0 Å². The third-order valence-electron chi connectivity index (χ3n) is 3.82. The fraction of sp³-hybridized carbons (Fsp3) is 0.389. The van der Waals surface area contributed by atoms with Gasteiger partial charge >= 0.3 is 5.97 Å². The maximum Gasteiger partial charge on any atom is 0.303 e. The summed E-state index contributed by atoms with van der Waals surface area (Å²) in [5, 5.41) is 14.8. The van der Waals surface area contributed by atoms with Crippen molar-refractivity contribution in [1.29, 1.82) is 0 Å². The van der Waals surface area contributed by atoms with Crippen molar-refractivity contribution in [2.45, 2.75) is 32.1 Å². The lowest BCUT2D eigenvalue weighted by molar-refractivity contribution is -0.137. The van der Waals surface area contributed by atoms with Gasteiger partial charge in [0.05, 0.1) is 6.54 Å². The number of hydrogen-bond acceptors (Lipinski definition) is 3. The van der Waals surface area contributed by atoms with Gasteiger partial charge in [-0.2, -0.15) is 0 Å². The highest BCUT2D eigenvalue weighted by molar-refractivity contribution is 5.99. The molecule has 1 aromatic carbocycles. The first-order chi connectivity index (χ1) is 12.1. The molecule has 0 radical (unpaired) electrons. The van der Waals surface area contributed by atoms with Gasteiger partial charge in [-0.1, -0.05) is 31.0 Å². The number of hydrogen-bond donors (Lipinski definition) is 4. The molecule has 25 heavy (non-hydrogen) atoms. The standard InChI is InChI=1S/C18H23N3O4/c22-16(19-10-6-2-1-3-9-17(23)24)12-20-18(25)15-11-13-7-4-5-8-14(13)21-15/h4-5,7-8,11,21H,1-3,6,9-10,12H2,(H,19,22)(H,20,25)(H,23,24). The summed E-state index contributed by atoms with van der Waals surface area (Å²) in [7, 11) is 0. The van der Waals surface area contributed by atoms with E-state index < -0.39 is 5.97 Å². The maximum atomic E-state index is 12.1. The molecular formula is C18H23N3O4. The van der Waals surface area contributed by atoms with E-state index in [1.807, 2.05) is 24.3 Å². The first-order valence-corrected chi connectivity index (χ1v) is 8.40. The predicted molar refractivity (Wildman–Crippen MR) is 94.4 cm³/mol. The molecule has 0 aliphatic carbocycles. The number of rotatable bonds is 10. The topological polar surface area (TPSA) is 111 Å². The highest BCUT2D eigenvalue weighted by atomic mass is 16.4. The second-order valence-corrected chi connectivity index (χ2v) is 5.86. The van der Waals surface area contributed by atoms with Crippen LogP contribution in [-0.2, 0) is 9.59 Å². The number of benzene rings is 1. The zero-order valence-corrected chi connectivity index (χ0v) is 14.0. The van der Waals surface area contributed by atoms with Crippen molar-refractivity contribution in [2.24, 2.45) is 0 Å². The fourth-order valence-corrected chi connectivity index (χ4v) is 2.50. The lowest BCUT2D eigenvalue weighted by Crippen LogP contribution is -2.37. The summed E-state index contributed by atoms with van der Waals surface area (Å²) in [6, 6.07) is 9.32. The summed E-state index contributed by atoms with van der Waals surface area (Å²) >= 11 is 0. The molecule has 0 aliphatic rings. The number of carbonyl (C=O) groups excluding carboxylic acids is 2. The van der Waals surface area contributed by atoms with Crippen molar-refractivity contribution < 1.29 is 19.5 Å². The van der Waals surface area contributed by atoms with Gasteiger partial charge in [-0.15, -0.1) is 0 Å². The van der Waals surface area contributed by atoms with Crippen molar-refractivity contribution in [2.75, 3.05) is 13.1 Å². The summed E-state index contributed by atoms with van der Waals surface area (Å²) in [6.07, 6.45) is 3.34. The Hall–Kier alpha value is -2.83. The van der Waals surface area contributed by atoms with E-state index in [1.165, 1.54) is 0 Å². The van der Waals surface area contributed by atoms with Crippen LogP contribution in [0.25, 0.3) is 10.9 Å². The Morgan fingerprint density at radius 2 is 1.76 bits per heavy atom. The summed E-state index contributed by atoms with van der Waals surface area (Å²) in [4.78, 5) is 37.1. The minimum Gasteiger partial charge on any atom is -0.481 e. The van der Waals surface area contributed by atoms with Crippen LogP contribution >= 0.6 is 0 Å². The molecule has 0 aliphatic heterocycles. The number of aromatic nitrogens is 1. The zero-order chi connectivity index (χ0) is 18.1. The molecule has 0 atom stereocenters. The number of aromatic amines is 1. The number of carboxylic acid groups (broad SMARTS) is 1. The molecule has 0 saturated carbocycles. The predicted octanol–water partition coefficient (Wildman–Crippen LogP) is 2.05. The second kappa shape index (κ2) is 9.46. The molecular weight excluding hydrogens is 322 g/mol. The first kappa shape index (κ1) is 18.5. The average molecular weight is 345 g/mol. The highest BCUT2D eigenvalue weighted by Crippen LogP contribution is 2.14. The van der Waals surface area contributed by atoms with Gasteiger partial charge in [0.15, 0.2) is 0 Å². The van der Waals surface area contributed by atoms with Crippen LogP contribution in [-0.4, -0.2) is 41.0 Å². The number of amides is 2. The molecule has 2 rings (SSSR count). The second-order valence-electron chi connectivity index (χ2n) is 5.86. The molecule has 1 aromatic heterocycles. The summed E-state index contributed by atoms with van der Waals surface area (Å²) in [6.45, 7) is 0.446. The molecule has 7 heteroatoms. The van der Waals surface area contributed by atoms with Crippen molar-refractivity contribution in [1.82, 2.24) is 15.6 Å². The SMILES string of the molecule is O=C(O)CCCCCCNC(=O)CNC(=O)c1cc2ccccc2[nH]1. The van der Waals surface area contributed by atoms with Crippen LogP contribution in [0.1, 0.15) is 42.6 Å². The number of unbranched alkanes of at least 4 members (excludes halogenated alkanes) is 3. The van der Waals surface area contributed by atoms with Crippen LogP contribution in [0.5, 0.6) is 0 Å². The van der Waals surface area contributed by atoms with Crippen LogP contribution in [0.3, 0.4) is 0 Å². The Bertz CT molecular complexity index is 706. The molecule has 0 bridgehead atoms. The molecule has 0 saturated heterocycles. The quantitative estimate of drug-likeness (QED) is 0.494. The Morgan fingerprint density at radius 3 is 2.52 bits per heavy atom. The van der Waals surface area contributed by atoms with E-state index in [0.717, 1.165) is 30.2 Å². The Labute approximate surface area is 145 Å². The number of para-hydroxylation sites is 1. The number of nitrogens with one attached hydrogen (secondary N) is 3. The number of H-pyrrole nitrogens is 1. The van der Waals surface area contributed by atoms with E-state index in [2.05, 4.69) is 15.6 Å². The minimum atomic E-state index is -0.779. The number of aliphatic carboxylic acids is 1. The normalized spacial score (nSPS) is 10.6. The van der Waals surface area contributed by atoms with Gasteiger partial charge in [-0.3, -0.25) is 14.4 Å². The molecule has 1 heterocycles. The van der Waals surface area contributed by atoms with Crippen LogP contribution in [0, 0.1) is 0 Å². The van der Waals surface area contributed by atoms with Gasteiger partial charge in [-0.25, -0.2) is 0 Å². The third-order valence-corrected chi connectivity index (χ3v) is 3.82. The van der Waals surface area contributed by atoms with Crippen LogP contribution in [0.15, 0.2) is 30.3 Å². The lowest BCUT2D eigenvalue weighted by Gasteiger charge is -2.06. The first-order valence-electron chi connectivity index (χ1n) is 8.40. The van der Waals surface area contributed by atoms with Crippen molar-refractivity contribution in [3.63, 3.8) is 0 Å². The van der Waals surface area contributed by atoms with Gasteiger partial charge in [-0.05, 0) is 25.0 Å². The summed E-state index contributed by atoms with van der Waals surface area (Å²) in [5.74, 6) is -1.34. The fourth-order valence-electron chi connectivity index (χ4n) is 2.50. The number of carbonyl (C=O) groups is 3. The minimum absolute atomic E-state index is 0.0762. The van der Waals surface area contributed by atoms with Gasteiger partial charge in [0.1, 0.15) is 5.69 Å². The van der Waals surface area contributed by atoms with Gasteiger partial charge in [0.2, 0.25) is 5.91 Å². The largest absolute Gasteiger partial charge is 0.481 e.